The zero-order valence-electron chi connectivity index (χ0n) is 13.3. The molecule has 0 atom stereocenters. The summed E-state index contributed by atoms with van der Waals surface area (Å²) >= 11 is 12.8. The minimum absolute atomic E-state index is 0.154. The summed E-state index contributed by atoms with van der Waals surface area (Å²) in [6, 6.07) is 13.6. The van der Waals surface area contributed by atoms with Gasteiger partial charge < -0.3 is 15.5 Å². The van der Waals surface area contributed by atoms with Crippen molar-refractivity contribution in [2.75, 3.05) is 13.2 Å². The van der Waals surface area contributed by atoms with Crippen molar-refractivity contribution in [3.8, 4) is 0 Å². The van der Waals surface area contributed by atoms with Crippen LogP contribution in [-0.2, 0) is 6.54 Å². The Labute approximate surface area is 150 Å². The highest BCUT2D eigenvalue weighted by Gasteiger charge is 2.22. The molecule has 0 spiro atoms. The lowest BCUT2D eigenvalue weighted by molar-refractivity contribution is 0.103. The molecule has 0 radical (unpaired) electrons. The first-order chi connectivity index (χ1) is 11.5. The van der Waals surface area contributed by atoms with Crippen molar-refractivity contribution < 1.29 is 10.2 Å². The molecular weight excluding hydrogens is 345 g/mol. The first-order valence-corrected chi connectivity index (χ1v) is 8.50. The second-order valence-electron chi connectivity index (χ2n) is 6.26. The van der Waals surface area contributed by atoms with Gasteiger partial charge >= 0.3 is 0 Å². The van der Waals surface area contributed by atoms with Crippen molar-refractivity contribution in [1.29, 1.82) is 0 Å². The second kappa shape index (κ2) is 6.87. The Bertz CT molecular complexity index is 891. The number of hydrogen-bond donors (Lipinski definition) is 3. The maximum absolute atomic E-state index is 9.51. The summed E-state index contributed by atoms with van der Waals surface area (Å²) in [4.78, 5) is 0. The molecule has 0 saturated carbocycles. The van der Waals surface area contributed by atoms with E-state index in [0.717, 1.165) is 27.1 Å². The van der Waals surface area contributed by atoms with Crippen LogP contribution in [0.3, 0.4) is 0 Å². The van der Waals surface area contributed by atoms with Gasteiger partial charge in [-0.3, -0.25) is 0 Å². The molecule has 3 nitrogen and oxygen atoms in total. The average molecular weight is 364 g/mol. The Balaban J connectivity index is 2.22. The van der Waals surface area contributed by atoms with Crippen molar-refractivity contribution in [2.45, 2.75) is 19.0 Å². The lowest BCUT2D eigenvalue weighted by Gasteiger charge is -2.27. The molecule has 126 valence electrons. The van der Waals surface area contributed by atoms with Gasteiger partial charge in [0.2, 0.25) is 0 Å². The number of hydrogen-bond acceptors (Lipinski definition) is 3. The number of nitrogens with one attached hydrogen (secondary N) is 1. The van der Waals surface area contributed by atoms with E-state index in [-0.39, 0.29) is 13.2 Å². The molecule has 0 aliphatic carbocycles. The van der Waals surface area contributed by atoms with E-state index >= 15 is 0 Å². The van der Waals surface area contributed by atoms with Gasteiger partial charge in [0.1, 0.15) is 0 Å². The maximum atomic E-state index is 9.51. The molecule has 3 aromatic rings. The van der Waals surface area contributed by atoms with Gasteiger partial charge in [0, 0.05) is 22.3 Å². The van der Waals surface area contributed by atoms with E-state index in [1.807, 2.05) is 42.5 Å². The van der Waals surface area contributed by atoms with Gasteiger partial charge in [0.25, 0.3) is 0 Å². The molecule has 0 amide bonds. The fraction of sp³-hybridized carbons (Fsp3) is 0.263. The van der Waals surface area contributed by atoms with Crippen molar-refractivity contribution in [2.24, 2.45) is 0 Å². The minimum atomic E-state index is -0.751. The smallest absolute Gasteiger partial charge is 0.0633 e. The van der Waals surface area contributed by atoms with Crippen LogP contribution in [0.5, 0.6) is 0 Å². The van der Waals surface area contributed by atoms with Gasteiger partial charge in [-0.05, 0) is 35.4 Å². The molecule has 3 N–H and O–H groups in total. The van der Waals surface area contributed by atoms with Crippen LogP contribution in [0.4, 0.5) is 0 Å². The summed E-state index contributed by atoms with van der Waals surface area (Å²) < 4.78 is 0. The number of benzene rings is 3. The quantitative estimate of drug-likeness (QED) is 0.597. The molecule has 0 heterocycles. The molecule has 0 aliphatic heterocycles. The number of fused-ring (bicyclic) bond motifs is 2. The molecule has 24 heavy (non-hydrogen) atoms. The Kier molecular flexibility index (Phi) is 5.00. The molecule has 0 saturated heterocycles. The maximum Gasteiger partial charge on any atom is 0.0633 e. The first kappa shape index (κ1) is 17.5. The normalized spacial score (nSPS) is 12.2. The number of aliphatic hydroxyl groups is 2. The summed E-state index contributed by atoms with van der Waals surface area (Å²) in [5, 5.41) is 27.5. The van der Waals surface area contributed by atoms with Crippen LogP contribution >= 0.6 is 23.2 Å². The van der Waals surface area contributed by atoms with Crippen LogP contribution in [0.15, 0.2) is 42.5 Å². The molecule has 0 fully saturated rings. The van der Waals surface area contributed by atoms with Gasteiger partial charge in [-0.2, -0.15) is 0 Å². The Morgan fingerprint density at radius 2 is 1.54 bits per heavy atom. The fourth-order valence-electron chi connectivity index (χ4n) is 2.84. The van der Waals surface area contributed by atoms with E-state index < -0.39 is 5.54 Å². The van der Waals surface area contributed by atoms with Crippen LogP contribution in [-0.4, -0.2) is 29.0 Å². The van der Waals surface area contributed by atoms with Crippen LogP contribution < -0.4 is 5.32 Å². The standard InChI is InChI=1S/C19H19Cl2NO2/c1-19(10-23,11-24)22-9-17-13-4-2-3-5-15(13)18(21)16-8-12(20)6-7-14(16)17/h2-8,22-24H,9-11H2,1H3. The molecule has 3 aromatic carbocycles. The van der Waals surface area contributed by atoms with Crippen molar-refractivity contribution in [3.05, 3.63) is 58.1 Å². The van der Waals surface area contributed by atoms with Gasteiger partial charge in [-0.15, -0.1) is 0 Å². The molecular formula is C19H19Cl2NO2. The highest BCUT2D eigenvalue weighted by Crippen LogP contribution is 2.37. The SMILES string of the molecule is CC(CO)(CO)NCc1c2ccccc2c(Cl)c2cc(Cl)ccc12. The molecule has 3 rings (SSSR count). The van der Waals surface area contributed by atoms with E-state index in [4.69, 9.17) is 23.2 Å². The third-order valence-corrected chi connectivity index (χ3v) is 5.06. The number of aliphatic hydroxyl groups excluding tert-OH is 2. The van der Waals surface area contributed by atoms with E-state index in [1.54, 1.807) is 6.92 Å². The highest BCUT2D eigenvalue weighted by molar-refractivity contribution is 6.42. The van der Waals surface area contributed by atoms with E-state index in [2.05, 4.69) is 5.32 Å². The first-order valence-electron chi connectivity index (χ1n) is 7.74. The summed E-state index contributed by atoms with van der Waals surface area (Å²) in [5.74, 6) is 0. The van der Waals surface area contributed by atoms with Crippen molar-refractivity contribution in [3.63, 3.8) is 0 Å². The van der Waals surface area contributed by atoms with Crippen molar-refractivity contribution in [1.82, 2.24) is 5.32 Å². The monoisotopic (exact) mass is 363 g/mol. The van der Waals surface area contributed by atoms with Gasteiger partial charge in [0.15, 0.2) is 0 Å². The summed E-state index contributed by atoms with van der Waals surface area (Å²) in [7, 11) is 0. The minimum Gasteiger partial charge on any atom is -0.394 e. The van der Waals surface area contributed by atoms with Crippen LogP contribution in [0.25, 0.3) is 21.5 Å². The lowest BCUT2D eigenvalue weighted by Crippen LogP contribution is -2.48. The number of halogens is 2. The molecule has 0 unspecified atom stereocenters. The van der Waals surface area contributed by atoms with E-state index in [1.165, 1.54) is 0 Å². The second-order valence-corrected chi connectivity index (χ2v) is 7.07. The van der Waals surface area contributed by atoms with Crippen molar-refractivity contribution >= 4 is 44.7 Å². The summed E-state index contributed by atoms with van der Waals surface area (Å²) in [6.07, 6.45) is 0. The fourth-order valence-corrected chi connectivity index (χ4v) is 3.34. The molecule has 0 aromatic heterocycles. The van der Waals surface area contributed by atoms with E-state index in [0.29, 0.717) is 16.6 Å². The largest absolute Gasteiger partial charge is 0.394 e. The topological polar surface area (TPSA) is 52.5 Å². The zero-order valence-corrected chi connectivity index (χ0v) is 14.8. The highest BCUT2D eigenvalue weighted by atomic mass is 35.5. The van der Waals surface area contributed by atoms with E-state index in [9.17, 15) is 10.2 Å². The van der Waals surface area contributed by atoms with Crippen LogP contribution in [0, 0.1) is 0 Å². The Hall–Kier alpha value is -1.36. The summed E-state index contributed by atoms with van der Waals surface area (Å²) in [6.45, 7) is 1.97. The number of rotatable bonds is 5. The van der Waals surface area contributed by atoms with Gasteiger partial charge in [-0.1, -0.05) is 53.5 Å². The Morgan fingerprint density at radius 3 is 2.21 bits per heavy atom. The third kappa shape index (κ3) is 3.10. The molecule has 0 aliphatic rings. The predicted octanol–water partition coefficient (Wildman–Crippen LogP) is 4.13. The zero-order chi connectivity index (χ0) is 17.3. The Morgan fingerprint density at radius 1 is 0.917 bits per heavy atom. The predicted molar refractivity (Wildman–Crippen MR) is 101 cm³/mol. The lowest BCUT2D eigenvalue weighted by atomic mass is 9.95. The van der Waals surface area contributed by atoms with Crippen LogP contribution in [0.1, 0.15) is 12.5 Å². The summed E-state index contributed by atoms with van der Waals surface area (Å²) in [5.41, 5.74) is 0.314. The van der Waals surface area contributed by atoms with Crippen LogP contribution in [0.2, 0.25) is 10.0 Å². The average Bonchev–Trinajstić information content (AvgIpc) is 2.61. The molecule has 5 heteroatoms. The van der Waals surface area contributed by atoms with Gasteiger partial charge in [-0.25, -0.2) is 0 Å². The van der Waals surface area contributed by atoms with Gasteiger partial charge in [0.05, 0.1) is 23.8 Å². The third-order valence-electron chi connectivity index (χ3n) is 4.42. The molecule has 0 bridgehead atoms.